The molecule has 1 aromatic carbocycles. The van der Waals surface area contributed by atoms with E-state index in [2.05, 4.69) is 17.3 Å². The summed E-state index contributed by atoms with van der Waals surface area (Å²) in [7, 11) is 0. The molecule has 1 N–H and O–H groups in total. The van der Waals surface area contributed by atoms with Crippen LogP contribution in [0.25, 0.3) is 5.69 Å². The summed E-state index contributed by atoms with van der Waals surface area (Å²) in [4.78, 5) is 14.3. The molecule has 0 bridgehead atoms. The van der Waals surface area contributed by atoms with Crippen molar-refractivity contribution < 1.29 is 4.79 Å². The van der Waals surface area contributed by atoms with Crippen molar-refractivity contribution in [3.63, 3.8) is 0 Å². The average Bonchev–Trinajstić information content (AvgIpc) is 2.96. The first-order valence-corrected chi connectivity index (χ1v) is 7.84. The maximum Gasteiger partial charge on any atom is 0.274 e. The van der Waals surface area contributed by atoms with E-state index in [0.29, 0.717) is 40.6 Å². The third-order valence-corrected chi connectivity index (χ3v) is 4.16. The zero-order valence-corrected chi connectivity index (χ0v) is 13.6. The predicted octanol–water partition coefficient (Wildman–Crippen LogP) is 2.61. The molecule has 5 nitrogen and oxygen atoms in total. The maximum atomic E-state index is 12.5. The number of halogens is 2. The second-order valence-electron chi connectivity index (χ2n) is 5.35. The third kappa shape index (κ3) is 3.11. The first-order valence-electron chi connectivity index (χ1n) is 7.08. The molecule has 0 radical (unpaired) electrons. The Hall–Kier alpha value is -1.56. The number of aromatic nitrogens is 2. The van der Waals surface area contributed by atoms with Crippen LogP contribution in [0, 0.1) is 0 Å². The van der Waals surface area contributed by atoms with Crippen molar-refractivity contribution in [1.29, 1.82) is 0 Å². The van der Waals surface area contributed by atoms with Gasteiger partial charge in [0.05, 0.1) is 10.7 Å². The normalized spacial score (nSPS) is 18.5. The van der Waals surface area contributed by atoms with Gasteiger partial charge in [0, 0.05) is 36.9 Å². The summed E-state index contributed by atoms with van der Waals surface area (Å²) >= 11 is 12.1. The number of hydrogen-bond donors (Lipinski definition) is 1. The molecule has 3 rings (SSSR count). The smallest absolute Gasteiger partial charge is 0.274 e. The Kier molecular flexibility index (Phi) is 4.38. The van der Waals surface area contributed by atoms with Gasteiger partial charge in [-0.15, -0.1) is 0 Å². The van der Waals surface area contributed by atoms with Gasteiger partial charge >= 0.3 is 0 Å². The van der Waals surface area contributed by atoms with E-state index in [1.54, 1.807) is 35.1 Å². The van der Waals surface area contributed by atoms with E-state index in [1.807, 2.05) is 4.90 Å². The van der Waals surface area contributed by atoms with Gasteiger partial charge in [0.1, 0.15) is 0 Å². The predicted molar refractivity (Wildman–Crippen MR) is 87.0 cm³/mol. The summed E-state index contributed by atoms with van der Waals surface area (Å²) in [6.07, 6.45) is 1.73. The van der Waals surface area contributed by atoms with E-state index >= 15 is 0 Å². The van der Waals surface area contributed by atoms with Crippen LogP contribution in [0.3, 0.4) is 0 Å². The number of benzene rings is 1. The van der Waals surface area contributed by atoms with Crippen LogP contribution >= 0.6 is 23.2 Å². The molecule has 1 fully saturated rings. The van der Waals surface area contributed by atoms with Gasteiger partial charge in [-0.1, -0.05) is 23.2 Å². The molecular formula is C15H16Cl2N4O. The van der Waals surface area contributed by atoms with Crippen LogP contribution in [-0.4, -0.2) is 46.3 Å². The summed E-state index contributed by atoms with van der Waals surface area (Å²) in [6.45, 7) is 4.24. The minimum absolute atomic E-state index is 0.0582. The molecule has 1 aliphatic heterocycles. The van der Waals surface area contributed by atoms with Crippen molar-refractivity contribution in [2.75, 3.05) is 19.6 Å². The van der Waals surface area contributed by atoms with Crippen LogP contribution in [0.15, 0.2) is 30.5 Å². The van der Waals surface area contributed by atoms with E-state index in [-0.39, 0.29) is 5.91 Å². The van der Waals surface area contributed by atoms with Crippen molar-refractivity contribution >= 4 is 29.1 Å². The summed E-state index contributed by atoms with van der Waals surface area (Å²) < 4.78 is 1.59. The Morgan fingerprint density at radius 1 is 1.36 bits per heavy atom. The van der Waals surface area contributed by atoms with E-state index in [0.717, 1.165) is 6.54 Å². The minimum atomic E-state index is -0.0582. The quantitative estimate of drug-likeness (QED) is 0.915. The van der Waals surface area contributed by atoms with Crippen LogP contribution in [-0.2, 0) is 0 Å². The molecule has 0 unspecified atom stereocenters. The Bertz CT molecular complexity index is 701. The van der Waals surface area contributed by atoms with Gasteiger partial charge in [-0.05, 0) is 31.2 Å². The second-order valence-corrected chi connectivity index (χ2v) is 6.19. The lowest BCUT2D eigenvalue weighted by Gasteiger charge is -2.31. The van der Waals surface area contributed by atoms with E-state index in [9.17, 15) is 4.79 Å². The van der Waals surface area contributed by atoms with E-state index in [4.69, 9.17) is 23.2 Å². The van der Waals surface area contributed by atoms with Gasteiger partial charge in [-0.3, -0.25) is 4.79 Å². The first kappa shape index (κ1) is 15.3. The van der Waals surface area contributed by atoms with Gasteiger partial charge in [-0.2, -0.15) is 5.10 Å². The Morgan fingerprint density at radius 3 is 2.91 bits per heavy atom. The molecule has 1 atom stereocenters. The molecule has 0 spiro atoms. The Labute approximate surface area is 138 Å². The monoisotopic (exact) mass is 338 g/mol. The van der Waals surface area contributed by atoms with Crippen LogP contribution in [0.2, 0.25) is 10.0 Å². The van der Waals surface area contributed by atoms with Crippen LogP contribution in [0.1, 0.15) is 17.4 Å². The van der Waals surface area contributed by atoms with Crippen molar-refractivity contribution in [1.82, 2.24) is 20.0 Å². The zero-order chi connectivity index (χ0) is 15.7. The summed E-state index contributed by atoms with van der Waals surface area (Å²) in [6, 6.07) is 7.17. The number of amides is 1. The van der Waals surface area contributed by atoms with Crippen molar-refractivity contribution in [3.8, 4) is 5.69 Å². The molecule has 1 amide bonds. The fraction of sp³-hybridized carbons (Fsp3) is 0.333. The molecule has 0 aliphatic carbocycles. The largest absolute Gasteiger partial charge is 0.334 e. The molecule has 1 saturated heterocycles. The van der Waals surface area contributed by atoms with Crippen molar-refractivity contribution in [2.24, 2.45) is 0 Å². The number of nitrogens with one attached hydrogen (secondary N) is 1. The van der Waals surface area contributed by atoms with Crippen LogP contribution in [0.4, 0.5) is 0 Å². The lowest BCUT2D eigenvalue weighted by Crippen LogP contribution is -2.51. The third-order valence-electron chi connectivity index (χ3n) is 3.62. The standard InChI is InChI=1S/C15H16Cl2N4O/c1-10-9-20(7-5-18-10)15(22)13-4-6-21(19-13)14-3-2-11(16)8-12(14)17/h2-4,6,8,10,18H,5,7,9H2,1H3/t10-/m1/s1. The number of piperazine rings is 1. The number of nitrogens with zero attached hydrogens (tertiary/aromatic N) is 3. The van der Waals surface area contributed by atoms with Gasteiger partial charge in [0.15, 0.2) is 5.69 Å². The molecule has 22 heavy (non-hydrogen) atoms. The highest BCUT2D eigenvalue weighted by Gasteiger charge is 2.23. The lowest BCUT2D eigenvalue weighted by molar-refractivity contribution is 0.0702. The molecule has 2 heterocycles. The first-order chi connectivity index (χ1) is 10.5. The van der Waals surface area contributed by atoms with Gasteiger partial charge in [0.25, 0.3) is 5.91 Å². The zero-order valence-electron chi connectivity index (χ0n) is 12.1. The topological polar surface area (TPSA) is 50.2 Å². The van der Waals surface area contributed by atoms with Gasteiger partial charge in [0.2, 0.25) is 0 Å². The van der Waals surface area contributed by atoms with Crippen LogP contribution in [0.5, 0.6) is 0 Å². The fourth-order valence-electron chi connectivity index (χ4n) is 2.52. The summed E-state index contributed by atoms with van der Waals surface area (Å²) in [5.41, 5.74) is 1.11. The number of rotatable bonds is 2. The summed E-state index contributed by atoms with van der Waals surface area (Å²) in [5.74, 6) is -0.0582. The molecule has 116 valence electrons. The van der Waals surface area contributed by atoms with E-state index < -0.39 is 0 Å². The Morgan fingerprint density at radius 2 is 2.18 bits per heavy atom. The molecule has 2 aromatic rings. The maximum absolute atomic E-state index is 12.5. The molecule has 1 aromatic heterocycles. The Balaban J connectivity index is 1.82. The summed E-state index contributed by atoms with van der Waals surface area (Å²) in [5, 5.41) is 8.71. The SMILES string of the molecule is C[C@@H]1CN(C(=O)c2ccn(-c3ccc(Cl)cc3Cl)n2)CCN1. The van der Waals surface area contributed by atoms with E-state index in [1.165, 1.54) is 0 Å². The molecule has 0 saturated carbocycles. The van der Waals surface area contributed by atoms with Crippen molar-refractivity contribution in [2.45, 2.75) is 13.0 Å². The highest BCUT2D eigenvalue weighted by molar-refractivity contribution is 6.35. The highest BCUT2D eigenvalue weighted by Crippen LogP contribution is 2.24. The fourth-order valence-corrected chi connectivity index (χ4v) is 3.01. The highest BCUT2D eigenvalue weighted by atomic mass is 35.5. The number of carbonyl (C=O) groups is 1. The number of carbonyl (C=O) groups excluding carboxylic acids is 1. The second kappa shape index (κ2) is 6.28. The lowest BCUT2D eigenvalue weighted by atomic mass is 10.2. The molecule has 1 aliphatic rings. The van der Waals surface area contributed by atoms with Gasteiger partial charge in [-0.25, -0.2) is 4.68 Å². The minimum Gasteiger partial charge on any atom is -0.334 e. The average molecular weight is 339 g/mol. The van der Waals surface area contributed by atoms with Gasteiger partial charge < -0.3 is 10.2 Å². The number of hydrogen-bond acceptors (Lipinski definition) is 3. The van der Waals surface area contributed by atoms with Crippen molar-refractivity contribution in [3.05, 3.63) is 46.2 Å². The van der Waals surface area contributed by atoms with Crippen LogP contribution < -0.4 is 5.32 Å². The molecular weight excluding hydrogens is 323 g/mol. The molecule has 7 heteroatoms.